The van der Waals surface area contributed by atoms with Crippen molar-refractivity contribution < 1.29 is 58.3 Å². The van der Waals surface area contributed by atoms with Crippen molar-refractivity contribution in [3.05, 3.63) is 42.0 Å². The van der Waals surface area contributed by atoms with E-state index in [-0.39, 0.29) is 18.8 Å². The number of nitrogens with one attached hydrogen (secondary N) is 1. The van der Waals surface area contributed by atoms with Gasteiger partial charge in [0.2, 0.25) is 12.2 Å². The van der Waals surface area contributed by atoms with Crippen molar-refractivity contribution in [1.29, 1.82) is 0 Å². The standard InChI is InChI=1S/C39H55NO12/c1-5-7-9-12-15-18-31(42)19-16-13-10-11-14-17-20-33(39(49,38(47)48)27-35(43)44)36(45)40-34(37(46)52-29(4)51-28(3)41)26-30-21-23-32(24-22-30)50-25-8-6-2/h17,20-24,29,33-34,49H,5,7,9-16,18-19,25-27H2,1-4H3,(H,40,45)(H,43,44)(H,47,48)/b20-17+/t29?,33-,34+,39+/m1/s1. The Balaban J connectivity index is 3.09. The molecule has 4 N–H and O–H groups in total. The van der Waals surface area contributed by atoms with Crippen molar-refractivity contribution in [2.24, 2.45) is 5.92 Å². The number of ketones is 1. The molecule has 0 fully saturated rings. The number of hydrogen-bond donors (Lipinski definition) is 4. The van der Waals surface area contributed by atoms with Gasteiger partial charge in [-0.1, -0.05) is 75.7 Å². The lowest BCUT2D eigenvalue weighted by atomic mass is 9.82. The zero-order valence-electron chi connectivity index (χ0n) is 30.8. The average Bonchev–Trinajstić information content (AvgIpc) is 3.07. The van der Waals surface area contributed by atoms with Crippen LogP contribution in [-0.2, 0) is 44.7 Å². The summed E-state index contributed by atoms with van der Waals surface area (Å²) in [6.07, 6.45) is 9.69. The number of carboxylic acid groups (broad SMARTS) is 2. The average molecular weight is 730 g/mol. The lowest BCUT2D eigenvalue weighted by Crippen LogP contribution is -2.55. The van der Waals surface area contributed by atoms with Crippen LogP contribution < -0.4 is 10.1 Å². The third-order valence-corrected chi connectivity index (χ3v) is 8.12. The van der Waals surface area contributed by atoms with Gasteiger partial charge in [0.15, 0.2) is 5.60 Å². The minimum atomic E-state index is -3.07. The van der Waals surface area contributed by atoms with Crippen LogP contribution in [0.4, 0.5) is 0 Å². The number of carbonyl (C=O) groups is 6. The first kappa shape index (κ1) is 45.3. The van der Waals surface area contributed by atoms with E-state index in [1.54, 1.807) is 31.2 Å². The fourth-order valence-corrected chi connectivity index (χ4v) is 5.34. The molecule has 0 heterocycles. The number of carbonyl (C=O) groups excluding carboxylic acids is 4. The molecule has 13 nitrogen and oxygen atoms in total. The molecule has 4 atom stereocenters. The molecule has 0 aliphatic carbocycles. The largest absolute Gasteiger partial charge is 0.481 e. The van der Waals surface area contributed by atoms with E-state index >= 15 is 0 Å². The SMILES string of the molecule is CC#CCOc1ccc(C[C@H](NC(=O)[C@@H](/C=C/CCCCCCC(=O)CCCCCCC)[C@@](O)(CC(=O)O)C(=O)O)C(=O)OC(C)OC(C)=O)cc1. The molecule has 0 bridgehead atoms. The van der Waals surface area contributed by atoms with Crippen LogP contribution in [0.5, 0.6) is 5.75 Å². The molecule has 0 radical (unpaired) electrons. The lowest BCUT2D eigenvalue weighted by molar-refractivity contribution is -0.185. The predicted molar refractivity (Wildman–Crippen MR) is 192 cm³/mol. The van der Waals surface area contributed by atoms with Crippen LogP contribution in [0.25, 0.3) is 0 Å². The van der Waals surface area contributed by atoms with Gasteiger partial charge in [-0.3, -0.25) is 19.2 Å². The second-order valence-corrected chi connectivity index (χ2v) is 12.6. The summed E-state index contributed by atoms with van der Waals surface area (Å²) in [5, 5.41) is 32.9. The monoisotopic (exact) mass is 729 g/mol. The molecule has 1 aromatic carbocycles. The minimum absolute atomic E-state index is 0.160. The summed E-state index contributed by atoms with van der Waals surface area (Å²) in [6, 6.07) is 5.01. The number of rotatable bonds is 27. The molecule has 288 valence electrons. The number of amides is 1. The Hall–Kier alpha value is -4.70. The quantitative estimate of drug-likeness (QED) is 0.0300. The molecule has 1 rings (SSSR count). The molecule has 1 amide bonds. The van der Waals surface area contributed by atoms with Gasteiger partial charge in [0, 0.05) is 33.1 Å². The minimum Gasteiger partial charge on any atom is -0.481 e. The second kappa shape index (κ2) is 25.3. The fourth-order valence-electron chi connectivity index (χ4n) is 5.34. The number of unbranched alkanes of at least 4 members (excludes halogenated alkanes) is 8. The van der Waals surface area contributed by atoms with Gasteiger partial charge in [0.1, 0.15) is 24.2 Å². The predicted octanol–water partition coefficient (Wildman–Crippen LogP) is 5.30. The van der Waals surface area contributed by atoms with Gasteiger partial charge in [-0.05, 0) is 50.3 Å². The number of hydrogen-bond acceptors (Lipinski definition) is 10. The number of aliphatic hydroxyl groups is 1. The summed E-state index contributed by atoms with van der Waals surface area (Å²) in [7, 11) is 0. The number of allylic oxidation sites excluding steroid dienone is 1. The zero-order chi connectivity index (χ0) is 38.9. The Kier molecular flexibility index (Phi) is 22.0. The second-order valence-electron chi connectivity index (χ2n) is 12.6. The van der Waals surface area contributed by atoms with E-state index in [9.17, 15) is 44.1 Å². The molecule has 13 heteroatoms. The maximum atomic E-state index is 13.7. The summed E-state index contributed by atoms with van der Waals surface area (Å²) in [5.41, 5.74) is -2.54. The van der Waals surface area contributed by atoms with Crippen molar-refractivity contribution >= 4 is 35.6 Å². The molecule has 0 spiro atoms. The Morgan fingerprint density at radius 2 is 1.52 bits per heavy atom. The van der Waals surface area contributed by atoms with E-state index in [1.165, 1.54) is 19.4 Å². The van der Waals surface area contributed by atoms with E-state index in [0.29, 0.717) is 37.0 Å². The van der Waals surface area contributed by atoms with Crippen molar-refractivity contribution in [2.75, 3.05) is 6.61 Å². The van der Waals surface area contributed by atoms with Crippen molar-refractivity contribution in [3.63, 3.8) is 0 Å². The van der Waals surface area contributed by atoms with Gasteiger partial charge in [-0.2, -0.15) is 0 Å². The number of carboxylic acids is 2. The van der Waals surface area contributed by atoms with Gasteiger partial charge in [-0.15, -0.1) is 5.92 Å². The molecular formula is C39H55NO12. The van der Waals surface area contributed by atoms with Crippen LogP contribution in [0.1, 0.15) is 117 Å². The summed E-state index contributed by atoms with van der Waals surface area (Å²) >= 11 is 0. The highest BCUT2D eigenvalue weighted by molar-refractivity contribution is 5.95. The van der Waals surface area contributed by atoms with Gasteiger partial charge >= 0.3 is 23.9 Å². The molecule has 0 saturated carbocycles. The van der Waals surface area contributed by atoms with Crippen LogP contribution in [0.3, 0.4) is 0 Å². The molecule has 1 aromatic rings. The Bertz CT molecular complexity index is 1390. The van der Waals surface area contributed by atoms with E-state index in [0.717, 1.165) is 57.9 Å². The number of esters is 2. The van der Waals surface area contributed by atoms with Crippen molar-refractivity contribution in [3.8, 4) is 17.6 Å². The number of Topliss-reactive ketones (excluding diaryl/α,β-unsaturated/α-hetero) is 1. The molecule has 1 unspecified atom stereocenters. The van der Waals surface area contributed by atoms with E-state index < -0.39 is 60.1 Å². The Labute approximate surface area is 306 Å². The normalized spacial score (nSPS) is 13.8. The van der Waals surface area contributed by atoms with Gasteiger partial charge < -0.3 is 34.8 Å². The first-order valence-corrected chi connectivity index (χ1v) is 17.9. The van der Waals surface area contributed by atoms with Gasteiger partial charge in [0.25, 0.3) is 0 Å². The van der Waals surface area contributed by atoms with Gasteiger partial charge in [-0.25, -0.2) is 9.59 Å². The summed E-state index contributed by atoms with van der Waals surface area (Å²) in [6.45, 7) is 6.38. The fraction of sp³-hybridized carbons (Fsp3) is 0.590. The van der Waals surface area contributed by atoms with Crippen LogP contribution in [0, 0.1) is 17.8 Å². The highest BCUT2D eigenvalue weighted by Gasteiger charge is 2.49. The van der Waals surface area contributed by atoms with Crippen LogP contribution in [0.2, 0.25) is 0 Å². The molecule has 0 aliphatic heterocycles. The highest BCUT2D eigenvalue weighted by Crippen LogP contribution is 2.26. The van der Waals surface area contributed by atoms with Crippen molar-refractivity contribution in [2.45, 2.75) is 136 Å². The van der Waals surface area contributed by atoms with E-state index in [2.05, 4.69) is 24.1 Å². The summed E-state index contributed by atoms with van der Waals surface area (Å²) < 4.78 is 15.6. The smallest absolute Gasteiger partial charge is 0.337 e. The van der Waals surface area contributed by atoms with E-state index in [4.69, 9.17) is 14.2 Å². The maximum absolute atomic E-state index is 13.7. The first-order valence-electron chi connectivity index (χ1n) is 17.9. The molecular weight excluding hydrogens is 674 g/mol. The van der Waals surface area contributed by atoms with Crippen LogP contribution >= 0.6 is 0 Å². The number of aliphatic carboxylic acids is 2. The topological polar surface area (TPSA) is 203 Å². The van der Waals surface area contributed by atoms with Crippen LogP contribution in [0.15, 0.2) is 36.4 Å². The molecule has 0 aliphatic rings. The van der Waals surface area contributed by atoms with E-state index in [1.807, 2.05) is 0 Å². The molecule has 0 saturated heterocycles. The number of benzene rings is 1. The summed E-state index contributed by atoms with van der Waals surface area (Å²) in [4.78, 5) is 74.3. The third-order valence-electron chi connectivity index (χ3n) is 8.12. The first-order chi connectivity index (χ1) is 24.7. The zero-order valence-corrected chi connectivity index (χ0v) is 30.8. The maximum Gasteiger partial charge on any atom is 0.337 e. The Morgan fingerprint density at radius 3 is 2.08 bits per heavy atom. The lowest BCUT2D eigenvalue weighted by Gasteiger charge is -2.30. The third kappa shape index (κ3) is 18.5. The highest BCUT2D eigenvalue weighted by atomic mass is 16.7. The summed E-state index contributed by atoms with van der Waals surface area (Å²) in [5.74, 6) is -2.21. The molecule has 0 aromatic heterocycles. The number of ether oxygens (including phenoxy) is 3. The van der Waals surface area contributed by atoms with Crippen molar-refractivity contribution in [1.82, 2.24) is 5.32 Å². The van der Waals surface area contributed by atoms with Crippen LogP contribution in [-0.4, -0.2) is 75.4 Å². The Morgan fingerprint density at radius 1 is 0.904 bits per heavy atom. The van der Waals surface area contributed by atoms with Gasteiger partial charge in [0.05, 0.1) is 12.3 Å². The molecule has 52 heavy (non-hydrogen) atoms.